The Morgan fingerprint density at radius 3 is 2.72 bits per heavy atom. The highest BCUT2D eigenvalue weighted by molar-refractivity contribution is 6.31. The molecule has 3 heterocycles. The van der Waals surface area contributed by atoms with E-state index in [0.29, 0.717) is 18.1 Å². The summed E-state index contributed by atoms with van der Waals surface area (Å²) in [5.41, 5.74) is 1.96. The highest BCUT2D eigenvalue weighted by Gasteiger charge is 2.54. The molecule has 0 aromatic heterocycles. The van der Waals surface area contributed by atoms with E-state index in [1.54, 1.807) is 11.9 Å². The number of anilines is 1. The fraction of sp³-hybridized carbons (Fsp3) is 0.471. The average Bonchev–Trinajstić information content (AvgIpc) is 3.15. The van der Waals surface area contributed by atoms with Gasteiger partial charge in [-0.3, -0.25) is 9.69 Å². The van der Waals surface area contributed by atoms with E-state index >= 15 is 0 Å². The van der Waals surface area contributed by atoms with Crippen LogP contribution in [0.3, 0.4) is 0 Å². The third-order valence-corrected chi connectivity index (χ3v) is 5.57. The zero-order valence-corrected chi connectivity index (χ0v) is 15.2. The predicted molar refractivity (Wildman–Crippen MR) is 95.8 cm³/mol. The molecule has 0 bridgehead atoms. The number of guanidine groups is 1. The number of likely N-dealkylation sites (N-methyl/N-ethyl adjacent to an activating group) is 2. The summed E-state index contributed by atoms with van der Waals surface area (Å²) in [6.45, 7) is 5.56. The van der Waals surface area contributed by atoms with Gasteiger partial charge in [-0.15, -0.1) is 0 Å². The monoisotopic (exact) mass is 361 g/mol. The van der Waals surface area contributed by atoms with Crippen LogP contribution in [0.15, 0.2) is 23.2 Å². The van der Waals surface area contributed by atoms with Crippen molar-refractivity contribution in [1.82, 2.24) is 14.7 Å². The molecule has 0 radical (unpaired) electrons. The Balaban J connectivity index is 1.70. The van der Waals surface area contributed by atoms with Crippen molar-refractivity contribution >= 4 is 35.2 Å². The molecule has 2 saturated heterocycles. The number of urea groups is 1. The first-order valence-electron chi connectivity index (χ1n) is 8.40. The molecule has 1 aromatic carbocycles. The standard InChI is InChI=1S/C17H20ClN5O2/c1-4-21-15(24)13-14(20(3)17(21)25)19-16-22(7-8-23(13)16)11-6-5-10(2)12(18)9-11/h5-6,9,13-14H,4,7-8H2,1-3H3. The largest absolute Gasteiger partial charge is 0.328 e. The number of rotatable bonds is 2. The third-order valence-electron chi connectivity index (χ3n) is 5.16. The zero-order valence-electron chi connectivity index (χ0n) is 14.4. The molecule has 0 spiro atoms. The smallest absolute Gasteiger partial charge is 0.325 e. The van der Waals surface area contributed by atoms with Crippen LogP contribution in [0.2, 0.25) is 5.02 Å². The van der Waals surface area contributed by atoms with Crippen molar-refractivity contribution in [3.8, 4) is 0 Å². The molecule has 0 saturated carbocycles. The highest BCUT2D eigenvalue weighted by atomic mass is 35.5. The lowest BCUT2D eigenvalue weighted by atomic mass is 10.1. The first kappa shape index (κ1) is 16.2. The lowest BCUT2D eigenvalue weighted by Crippen LogP contribution is -2.64. The maximum Gasteiger partial charge on any atom is 0.328 e. The minimum atomic E-state index is -0.471. The maximum absolute atomic E-state index is 12.8. The lowest BCUT2D eigenvalue weighted by molar-refractivity contribution is -0.137. The van der Waals surface area contributed by atoms with Crippen molar-refractivity contribution in [2.45, 2.75) is 26.1 Å². The molecule has 2 fully saturated rings. The molecule has 0 N–H and O–H groups in total. The summed E-state index contributed by atoms with van der Waals surface area (Å²) in [7, 11) is 1.70. The van der Waals surface area contributed by atoms with Gasteiger partial charge in [0.25, 0.3) is 5.91 Å². The number of fused-ring (bicyclic) bond motifs is 3. The fourth-order valence-corrected chi connectivity index (χ4v) is 3.90. The summed E-state index contributed by atoms with van der Waals surface area (Å²) in [6.07, 6.45) is -0.471. The number of amides is 3. The average molecular weight is 362 g/mol. The van der Waals surface area contributed by atoms with Crippen molar-refractivity contribution in [3.05, 3.63) is 28.8 Å². The van der Waals surface area contributed by atoms with Crippen LogP contribution in [-0.2, 0) is 4.79 Å². The molecule has 132 valence electrons. The van der Waals surface area contributed by atoms with Gasteiger partial charge in [-0.25, -0.2) is 9.79 Å². The van der Waals surface area contributed by atoms with Gasteiger partial charge in [0.2, 0.25) is 5.96 Å². The second kappa shape index (κ2) is 5.62. The van der Waals surface area contributed by atoms with E-state index in [9.17, 15) is 9.59 Å². The Hall–Kier alpha value is -2.28. The number of hydrogen-bond acceptors (Lipinski definition) is 5. The van der Waals surface area contributed by atoms with E-state index in [4.69, 9.17) is 16.6 Å². The summed E-state index contributed by atoms with van der Waals surface area (Å²) < 4.78 is 0. The van der Waals surface area contributed by atoms with Crippen LogP contribution >= 0.6 is 11.6 Å². The van der Waals surface area contributed by atoms with Gasteiger partial charge in [-0.2, -0.15) is 0 Å². The van der Waals surface area contributed by atoms with Gasteiger partial charge in [0.15, 0.2) is 12.2 Å². The van der Waals surface area contributed by atoms with Gasteiger partial charge >= 0.3 is 6.03 Å². The van der Waals surface area contributed by atoms with Crippen LogP contribution in [0.1, 0.15) is 12.5 Å². The Kier molecular flexibility index (Phi) is 3.64. The topological polar surface area (TPSA) is 59.5 Å². The number of imide groups is 1. The minimum Gasteiger partial charge on any atom is -0.325 e. The Bertz CT molecular complexity index is 795. The molecule has 3 amide bonds. The molecule has 2 unspecified atom stereocenters. The number of hydrogen-bond donors (Lipinski definition) is 0. The number of aryl methyl sites for hydroxylation is 1. The van der Waals surface area contributed by atoms with Crippen LogP contribution < -0.4 is 4.90 Å². The first-order valence-corrected chi connectivity index (χ1v) is 8.78. The maximum atomic E-state index is 12.8. The number of aliphatic imine (C=N–C) groups is 1. The summed E-state index contributed by atoms with van der Waals surface area (Å²) in [5.74, 6) is 0.569. The van der Waals surface area contributed by atoms with Crippen LogP contribution in [0, 0.1) is 6.92 Å². The fourth-order valence-electron chi connectivity index (χ4n) is 3.72. The van der Waals surface area contributed by atoms with Crippen molar-refractivity contribution < 1.29 is 9.59 Å². The van der Waals surface area contributed by atoms with Crippen LogP contribution in [-0.4, -0.2) is 71.5 Å². The third kappa shape index (κ3) is 2.22. The highest BCUT2D eigenvalue weighted by Crippen LogP contribution is 2.34. The Morgan fingerprint density at radius 1 is 1.28 bits per heavy atom. The normalized spacial score (nSPS) is 25.5. The van der Waals surface area contributed by atoms with Gasteiger partial charge in [0.05, 0.1) is 0 Å². The van der Waals surface area contributed by atoms with E-state index < -0.39 is 12.2 Å². The number of carbonyl (C=O) groups is 2. The number of benzene rings is 1. The van der Waals surface area contributed by atoms with Gasteiger partial charge in [-0.1, -0.05) is 17.7 Å². The second-order valence-corrected chi connectivity index (χ2v) is 6.95. The molecule has 4 rings (SSSR count). The quantitative estimate of drug-likeness (QED) is 0.805. The Morgan fingerprint density at radius 2 is 2.04 bits per heavy atom. The van der Waals surface area contributed by atoms with Crippen LogP contribution in [0.5, 0.6) is 0 Å². The van der Waals surface area contributed by atoms with E-state index in [1.807, 2.05) is 36.9 Å². The van der Waals surface area contributed by atoms with Crippen molar-refractivity contribution in [2.75, 3.05) is 31.6 Å². The molecular weight excluding hydrogens is 342 g/mol. The van der Waals surface area contributed by atoms with Gasteiger partial charge < -0.3 is 14.7 Å². The van der Waals surface area contributed by atoms with Crippen LogP contribution in [0.4, 0.5) is 10.5 Å². The summed E-state index contributed by atoms with van der Waals surface area (Å²) in [4.78, 5) is 36.8. The van der Waals surface area contributed by atoms with Gasteiger partial charge in [0.1, 0.15) is 0 Å². The molecule has 3 aliphatic rings. The van der Waals surface area contributed by atoms with Gasteiger partial charge in [0, 0.05) is 37.4 Å². The minimum absolute atomic E-state index is 0.168. The molecule has 25 heavy (non-hydrogen) atoms. The van der Waals surface area contributed by atoms with Crippen molar-refractivity contribution in [2.24, 2.45) is 4.99 Å². The molecule has 7 nitrogen and oxygen atoms in total. The second-order valence-electron chi connectivity index (χ2n) is 6.54. The molecule has 1 aromatic rings. The van der Waals surface area contributed by atoms with E-state index in [2.05, 4.69) is 4.90 Å². The molecule has 3 aliphatic heterocycles. The number of nitrogens with zero attached hydrogens (tertiary/aromatic N) is 5. The van der Waals surface area contributed by atoms with E-state index in [-0.39, 0.29) is 11.9 Å². The van der Waals surface area contributed by atoms with Gasteiger partial charge in [-0.05, 0) is 31.5 Å². The number of halogens is 1. The molecule has 0 aliphatic carbocycles. The molecular formula is C17H20ClN5O2. The van der Waals surface area contributed by atoms with Crippen molar-refractivity contribution in [3.63, 3.8) is 0 Å². The van der Waals surface area contributed by atoms with Crippen molar-refractivity contribution in [1.29, 1.82) is 0 Å². The predicted octanol–water partition coefficient (Wildman–Crippen LogP) is 1.75. The summed E-state index contributed by atoms with van der Waals surface area (Å²) in [5, 5.41) is 0.701. The first-order chi connectivity index (χ1) is 11.9. The summed E-state index contributed by atoms with van der Waals surface area (Å²) in [6, 6.07) is 5.17. The molecule has 2 atom stereocenters. The Labute approximate surface area is 151 Å². The molecule has 8 heteroatoms. The number of carbonyl (C=O) groups excluding carboxylic acids is 2. The zero-order chi connectivity index (χ0) is 17.9. The summed E-state index contributed by atoms with van der Waals surface area (Å²) >= 11 is 6.27. The van der Waals surface area contributed by atoms with E-state index in [1.165, 1.54) is 4.90 Å². The SMILES string of the molecule is CCN1C(=O)C2C(N=C3N(c4ccc(C)c(Cl)c4)CCN32)N(C)C1=O. The lowest BCUT2D eigenvalue weighted by Gasteiger charge is -2.40. The van der Waals surface area contributed by atoms with Crippen LogP contribution in [0.25, 0.3) is 0 Å². The van der Waals surface area contributed by atoms with E-state index in [0.717, 1.165) is 23.8 Å².